The molecule has 0 saturated heterocycles. The Morgan fingerprint density at radius 2 is 1.81 bits per heavy atom. The maximum Gasteiger partial charge on any atom is 0.251 e. The number of aryl methyl sites for hydroxylation is 2. The number of hydrogen-bond donors (Lipinski definition) is 2. The van der Waals surface area contributed by atoms with E-state index in [2.05, 4.69) is 46.5 Å². The summed E-state index contributed by atoms with van der Waals surface area (Å²) in [6.45, 7) is 9.57. The van der Waals surface area contributed by atoms with Gasteiger partial charge in [0, 0.05) is 42.2 Å². The number of amides is 1. The molecule has 2 aromatic carbocycles. The second-order valence-electron chi connectivity index (χ2n) is 9.08. The van der Waals surface area contributed by atoms with Gasteiger partial charge in [-0.1, -0.05) is 32.9 Å². The highest BCUT2D eigenvalue weighted by Gasteiger charge is 2.14. The summed E-state index contributed by atoms with van der Waals surface area (Å²) in [6, 6.07) is 11.7. The summed E-state index contributed by atoms with van der Waals surface area (Å²) < 4.78 is 1.87. The fourth-order valence-electron chi connectivity index (χ4n) is 3.51. The second-order valence-corrected chi connectivity index (χ2v) is 9.08. The minimum Gasteiger partial charge on any atom is -0.365 e. The first kappa shape index (κ1) is 20.8. The van der Waals surface area contributed by atoms with Gasteiger partial charge in [0.15, 0.2) is 0 Å². The third-order valence-electron chi connectivity index (χ3n) is 5.35. The SMILES string of the molecule is Cc1c2c(ccc3c(NCc4ccc(C(=O)NCC(C)(C)C)cc4)ncnc32)nn1C. The Labute approximate surface area is 181 Å². The highest BCUT2D eigenvalue weighted by Crippen LogP contribution is 2.29. The number of anilines is 1. The van der Waals surface area contributed by atoms with Crippen molar-refractivity contribution in [1.82, 2.24) is 25.1 Å². The molecule has 0 bridgehead atoms. The van der Waals surface area contributed by atoms with Crippen molar-refractivity contribution in [3.8, 4) is 0 Å². The number of rotatable bonds is 5. The molecule has 2 heterocycles. The van der Waals surface area contributed by atoms with Gasteiger partial charge in [-0.05, 0) is 42.2 Å². The first-order valence-electron chi connectivity index (χ1n) is 10.4. The van der Waals surface area contributed by atoms with Gasteiger partial charge in [0.2, 0.25) is 0 Å². The number of carbonyl (C=O) groups excluding carboxylic acids is 1. The maximum atomic E-state index is 12.3. The zero-order valence-corrected chi connectivity index (χ0v) is 18.7. The van der Waals surface area contributed by atoms with E-state index in [-0.39, 0.29) is 11.3 Å². The number of nitrogens with one attached hydrogen (secondary N) is 2. The fourth-order valence-corrected chi connectivity index (χ4v) is 3.51. The first-order valence-corrected chi connectivity index (χ1v) is 10.4. The second kappa shape index (κ2) is 7.98. The number of fused-ring (bicyclic) bond motifs is 3. The van der Waals surface area contributed by atoms with E-state index in [0.717, 1.165) is 38.9 Å². The third kappa shape index (κ3) is 4.35. The van der Waals surface area contributed by atoms with Gasteiger partial charge in [-0.2, -0.15) is 5.10 Å². The van der Waals surface area contributed by atoms with Crippen LogP contribution in [0.4, 0.5) is 5.82 Å². The predicted octanol–water partition coefficient (Wildman–Crippen LogP) is 4.21. The largest absolute Gasteiger partial charge is 0.365 e. The molecule has 0 aliphatic rings. The lowest BCUT2D eigenvalue weighted by Crippen LogP contribution is -2.32. The first-order chi connectivity index (χ1) is 14.7. The van der Waals surface area contributed by atoms with E-state index in [9.17, 15) is 4.79 Å². The topological polar surface area (TPSA) is 84.7 Å². The molecule has 4 aromatic rings. The van der Waals surface area contributed by atoms with Gasteiger partial charge in [0.25, 0.3) is 5.91 Å². The minimum absolute atomic E-state index is 0.0490. The average Bonchev–Trinajstić information content (AvgIpc) is 3.04. The molecule has 0 fully saturated rings. The molecule has 0 aliphatic heterocycles. The van der Waals surface area contributed by atoms with Crippen molar-refractivity contribution in [1.29, 1.82) is 0 Å². The summed E-state index contributed by atoms with van der Waals surface area (Å²) in [7, 11) is 1.94. The predicted molar refractivity (Wildman–Crippen MR) is 124 cm³/mol. The number of hydrogen-bond acceptors (Lipinski definition) is 5. The molecule has 31 heavy (non-hydrogen) atoms. The number of carbonyl (C=O) groups is 1. The van der Waals surface area contributed by atoms with Gasteiger partial charge in [-0.15, -0.1) is 0 Å². The van der Waals surface area contributed by atoms with E-state index < -0.39 is 0 Å². The van der Waals surface area contributed by atoms with Gasteiger partial charge in [-0.25, -0.2) is 9.97 Å². The Hall–Kier alpha value is -3.48. The van der Waals surface area contributed by atoms with Crippen LogP contribution in [0.15, 0.2) is 42.7 Å². The summed E-state index contributed by atoms with van der Waals surface area (Å²) in [5.74, 6) is 0.731. The highest BCUT2D eigenvalue weighted by molar-refractivity contribution is 6.08. The van der Waals surface area contributed by atoms with Crippen molar-refractivity contribution in [2.45, 2.75) is 34.2 Å². The van der Waals surface area contributed by atoms with Crippen LogP contribution in [0.3, 0.4) is 0 Å². The summed E-state index contributed by atoms with van der Waals surface area (Å²) in [4.78, 5) is 21.3. The van der Waals surface area contributed by atoms with Gasteiger partial charge < -0.3 is 10.6 Å². The zero-order chi connectivity index (χ0) is 22.2. The summed E-state index contributed by atoms with van der Waals surface area (Å²) in [5, 5.41) is 12.9. The average molecular weight is 417 g/mol. The van der Waals surface area contributed by atoms with Crippen molar-refractivity contribution in [2.75, 3.05) is 11.9 Å². The molecule has 0 unspecified atom stereocenters. The van der Waals surface area contributed by atoms with Crippen molar-refractivity contribution >= 4 is 33.5 Å². The molecule has 0 aliphatic carbocycles. The fraction of sp³-hybridized carbons (Fsp3) is 0.333. The highest BCUT2D eigenvalue weighted by atomic mass is 16.1. The molecule has 1 amide bonds. The monoisotopic (exact) mass is 416 g/mol. The molecule has 0 radical (unpaired) electrons. The number of nitrogens with zero attached hydrogens (tertiary/aromatic N) is 4. The van der Waals surface area contributed by atoms with Gasteiger partial charge in [0.05, 0.1) is 11.0 Å². The molecule has 4 rings (SSSR count). The van der Waals surface area contributed by atoms with Gasteiger partial charge in [0.1, 0.15) is 12.1 Å². The summed E-state index contributed by atoms with van der Waals surface area (Å²) >= 11 is 0. The normalized spacial score (nSPS) is 11.8. The van der Waals surface area contributed by atoms with Crippen LogP contribution in [0.2, 0.25) is 0 Å². The molecular formula is C24H28N6O. The van der Waals surface area contributed by atoms with Gasteiger partial charge in [-0.3, -0.25) is 9.48 Å². The van der Waals surface area contributed by atoms with Crippen LogP contribution in [0.25, 0.3) is 21.8 Å². The smallest absolute Gasteiger partial charge is 0.251 e. The molecule has 0 spiro atoms. The number of aromatic nitrogens is 4. The lowest BCUT2D eigenvalue weighted by molar-refractivity contribution is 0.0939. The summed E-state index contributed by atoms with van der Waals surface area (Å²) in [6.07, 6.45) is 1.58. The Morgan fingerprint density at radius 1 is 1.06 bits per heavy atom. The van der Waals surface area contributed by atoms with Crippen LogP contribution in [0.5, 0.6) is 0 Å². The van der Waals surface area contributed by atoms with E-state index in [1.165, 1.54) is 0 Å². The Morgan fingerprint density at radius 3 is 2.52 bits per heavy atom. The van der Waals surface area contributed by atoms with E-state index in [0.29, 0.717) is 18.7 Å². The molecular weight excluding hydrogens is 388 g/mol. The van der Waals surface area contributed by atoms with Crippen molar-refractivity contribution < 1.29 is 4.79 Å². The van der Waals surface area contributed by atoms with Crippen molar-refractivity contribution in [2.24, 2.45) is 12.5 Å². The van der Waals surface area contributed by atoms with Crippen LogP contribution in [-0.4, -0.2) is 32.2 Å². The zero-order valence-electron chi connectivity index (χ0n) is 18.7. The van der Waals surface area contributed by atoms with Crippen LogP contribution < -0.4 is 10.6 Å². The standard InChI is InChI=1S/C24H28N6O/c1-15-20-19(29-30(15)5)11-10-18-21(20)27-14-28-22(18)25-12-16-6-8-17(9-7-16)23(31)26-13-24(2,3)4/h6-11,14H,12-13H2,1-5H3,(H,26,31)(H,25,27,28). The molecule has 7 heteroatoms. The van der Waals surface area contributed by atoms with Crippen LogP contribution in [0.1, 0.15) is 42.4 Å². The van der Waals surface area contributed by atoms with E-state index in [1.807, 2.05) is 55.1 Å². The van der Waals surface area contributed by atoms with Crippen LogP contribution >= 0.6 is 0 Å². The summed E-state index contributed by atoms with van der Waals surface area (Å²) in [5.41, 5.74) is 4.68. The molecule has 0 saturated carbocycles. The lowest BCUT2D eigenvalue weighted by Gasteiger charge is -2.18. The number of benzene rings is 2. The third-order valence-corrected chi connectivity index (χ3v) is 5.35. The molecule has 160 valence electrons. The van der Waals surface area contributed by atoms with E-state index >= 15 is 0 Å². The Balaban J connectivity index is 1.50. The van der Waals surface area contributed by atoms with Crippen LogP contribution in [-0.2, 0) is 13.6 Å². The van der Waals surface area contributed by atoms with Crippen LogP contribution in [0, 0.1) is 12.3 Å². The molecule has 0 atom stereocenters. The molecule has 2 aromatic heterocycles. The molecule has 7 nitrogen and oxygen atoms in total. The van der Waals surface area contributed by atoms with E-state index in [1.54, 1.807) is 6.33 Å². The van der Waals surface area contributed by atoms with Crippen molar-refractivity contribution in [3.63, 3.8) is 0 Å². The lowest BCUT2D eigenvalue weighted by atomic mass is 9.97. The van der Waals surface area contributed by atoms with Crippen molar-refractivity contribution in [3.05, 3.63) is 59.5 Å². The quantitative estimate of drug-likeness (QED) is 0.509. The minimum atomic E-state index is -0.0490. The Bertz CT molecular complexity index is 1250. The molecule has 2 N–H and O–H groups in total. The Kier molecular flexibility index (Phi) is 5.35. The van der Waals surface area contributed by atoms with Gasteiger partial charge >= 0.3 is 0 Å². The maximum absolute atomic E-state index is 12.3. The van der Waals surface area contributed by atoms with E-state index in [4.69, 9.17) is 0 Å².